The van der Waals surface area contributed by atoms with Gasteiger partial charge in [0.05, 0.1) is 5.60 Å². The summed E-state index contributed by atoms with van der Waals surface area (Å²) in [7, 11) is 0. The molecule has 3 heteroatoms. The normalized spacial score (nSPS) is 27.0. The van der Waals surface area contributed by atoms with E-state index in [1.165, 1.54) is 18.2 Å². The molecular weight excluding hydrogens is 258 g/mol. The number of rotatable bonds is 4. The van der Waals surface area contributed by atoms with Gasteiger partial charge in [-0.2, -0.15) is 0 Å². The Balaban J connectivity index is 2.10. The second kappa shape index (κ2) is 6.21. The zero-order valence-electron chi connectivity index (χ0n) is 12.3. The van der Waals surface area contributed by atoms with E-state index in [0.717, 1.165) is 19.3 Å². The van der Waals surface area contributed by atoms with E-state index in [9.17, 15) is 13.9 Å². The number of benzene rings is 1. The first-order chi connectivity index (χ1) is 9.39. The molecule has 20 heavy (non-hydrogen) atoms. The van der Waals surface area contributed by atoms with E-state index in [2.05, 4.69) is 13.8 Å². The summed E-state index contributed by atoms with van der Waals surface area (Å²) in [6.07, 6.45) is 4.49. The maximum atomic E-state index is 13.7. The molecule has 1 N–H and O–H groups in total. The summed E-state index contributed by atoms with van der Waals surface area (Å²) in [6.45, 7) is 4.34. The zero-order chi connectivity index (χ0) is 14.8. The molecule has 1 aromatic carbocycles. The SMILES string of the molecule is CC(C)CC1CCCC(O)(Cc2c(F)cccc2F)C1. The van der Waals surface area contributed by atoms with Crippen molar-refractivity contribution in [2.75, 3.05) is 0 Å². The Morgan fingerprint density at radius 1 is 1.30 bits per heavy atom. The number of hydrogen-bond donors (Lipinski definition) is 1. The molecule has 0 saturated heterocycles. The Hall–Kier alpha value is -0.960. The highest BCUT2D eigenvalue weighted by molar-refractivity contribution is 5.22. The Labute approximate surface area is 120 Å². The Bertz CT molecular complexity index is 438. The van der Waals surface area contributed by atoms with Crippen molar-refractivity contribution in [2.45, 2.75) is 58.0 Å². The average molecular weight is 282 g/mol. The van der Waals surface area contributed by atoms with Gasteiger partial charge in [0, 0.05) is 12.0 Å². The third-order valence-electron chi connectivity index (χ3n) is 4.30. The van der Waals surface area contributed by atoms with Crippen LogP contribution in [0.5, 0.6) is 0 Å². The molecule has 0 radical (unpaired) electrons. The highest BCUT2D eigenvalue weighted by Gasteiger charge is 2.35. The van der Waals surface area contributed by atoms with Crippen LogP contribution in [0.25, 0.3) is 0 Å². The summed E-state index contributed by atoms with van der Waals surface area (Å²) >= 11 is 0. The van der Waals surface area contributed by atoms with Crippen LogP contribution in [-0.2, 0) is 6.42 Å². The molecule has 0 spiro atoms. The van der Waals surface area contributed by atoms with Crippen LogP contribution in [0.1, 0.15) is 51.5 Å². The van der Waals surface area contributed by atoms with Crippen molar-refractivity contribution >= 4 is 0 Å². The lowest BCUT2D eigenvalue weighted by Crippen LogP contribution is -2.38. The summed E-state index contributed by atoms with van der Waals surface area (Å²) in [5.74, 6) is -0.0510. The average Bonchev–Trinajstić information content (AvgIpc) is 2.33. The predicted molar refractivity (Wildman–Crippen MR) is 76.4 cm³/mol. The minimum Gasteiger partial charge on any atom is -0.390 e. The lowest BCUT2D eigenvalue weighted by molar-refractivity contribution is -0.0201. The van der Waals surface area contributed by atoms with Crippen LogP contribution in [0.15, 0.2) is 18.2 Å². The van der Waals surface area contributed by atoms with E-state index in [-0.39, 0.29) is 12.0 Å². The molecule has 1 aliphatic rings. The third kappa shape index (κ3) is 3.78. The first-order valence-electron chi connectivity index (χ1n) is 7.55. The molecular formula is C17H24F2O. The van der Waals surface area contributed by atoms with Gasteiger partial charge in [-0.1, -0.05) is 32.8 Å². The molecule has 0 aliphatic heterocycles. The molecule has 2 unspecified atom stereocenters. The second-order valence-electron chi connectivity index (χ2n) is 6.69. The van der Waals surface area contributed by atoms with E-state index in [1.54, 1.807) is 0 Å². The first-order valence-corrected chi connectivity index (χ1v) is 7.55. The molecule has 2 atom stereocenters. The summed E-state index contributed by atoms with van der Waals surface area (Å²) in [5.41, 5.74) is -0.930. The van der Waals surface area contributed by atoms with Gasteiger partial charge in [0.15, 0.2) is 0 Å². The lowest BCUT2D eigenvalue weighted by atomic mass is 9.73. The van der Waals surface area contributed by atoms with Crippen LogP contribution < -0.4 is 0 Å². The lowest BCUT2D eigenvalue weighted by Gasteiger charge is -2.37. The van der Waals surface area contributed by atoms with Gasteiger partial charge < -0.3 is 5.11 Å². The van der Waals surface area contributed by atoms with Crippen molar-refractivity contribution in [3.8, 4) is 0 Å². The standard InChI is InChI=1S/C17H24F2O/c1-12(2)9-13-5-4-8-17(20,10-13)11-14-15(18)6-3-7-16(14)19/h3,6-7,12-13,20H,4-5,8-11H2,1-2H3. The molecule has 1 fully saturated rings. The summed E-state index contributed by atoms with van der Waals surface area (Å²) < 4.78 is 27.5. The molecule has 112 valence electrons. The van der Waals surface area contributed by atoms with E-state index in [4.69, 9.17) is 0 Å². The van der Waals surface area contributed by atoms with Crippen molar-refractivity contribution in [1.29, 1.82) is 0 Å². The van der Waals surface area contributed by atoms with Crippen LogP contribution in [-0.4, -0.2) is 10.7 Å². The molecule has 1 aromatic rings. The fourth-order valence-electron chi connectivity index (χ4n) is 3.52. The molecule has 0 aromatic heterocycles. The Kier molecular flexibility index (Phi) is 4.79. The van der Waals surface area contributed by atoms with E-state index < -0.39 is 17.2 Å². The van der Waals surface area contributed by atoms with Crippen molar-refractivity contribution in [3.63, 3.8) is 0 Å². The number of hydrogen-bond acceptors (Lipinski definition) is 1. The summed E-state index contributed by atoms with van der Waals surface area (Å²) in [5, 5.41) is 10.7. The minimum absolute atomic E-state index is 0.0280. The van der Waals surface area contributed by atoms with Crippen molar-refractivity contribution in [1.82, 2.24) is 0 Å². The quantitative estimate of drug-likeness (QED) is 0.863. The van der Waals surface area contributed by atoms with Gasteiger partial charge in [0.1, 0.15) is 11.6 Å². The summed E-state index contributed by atoms with van der Waals surface area (Å²) in [4.78, 5) is 0. The van der Waals surface area contributed by atoms with E-state index in [0.29, 0.717) is 24.7 Å². The number of halogens is 2. The Morgan fingerprint density at radius 3 is 2.55 bits per heavy atom. The summed E-state index contributed by atoms with van der Waals surface area (Å²) in [6, 6.07) is 3.88. The minimum atomic E-state index is -0.958. The van der Waals surface area contributed by atoms with Gasteiger partial charge in [0.25, 0.3) is 0 Å². The fraction of sp³-hybridized carbons (Fsp3) is 0.647. The smallest absolute Gasteiger partial charge is 0.129 e. The van der Waals surface area contributed by atoms with E-state index >= 15 is 0 Å². The Morgan fingerprint density at radius 2 is 1.95 bits per heavy atom. The molecule has 1 saturated carbocycles. The van der Waals surface area contributed by atoms with Gasteiger partial charge in [-0.15, -0.1) is 0 Å². The van der Waals surface area contributed by atoms with Crippen LogP contribution in [0.3, 0.4) is 0 Å². The van der Waals surface area contributed by atoms with Crippen LogP contribution in [0, 0.1) is 23.5 Å². The first kappa shape index (κ1) is 15.4. The predicted octanol–water partition coefficient (Wildman–Crippen LogP) is 4.47. The van der Waals surface area contributed by atoms with E-state index in [1.807, 2.05) is 0 Å². The fourth-order valence-corrected chi connectivity index (χ4v) is 3.52. The molecule has 0 amide bonds. The highest BCUT2D eigenvalue weighted by Crippen LogP contribution is 2.38. The van der Waals surface area contributed by atoms with Crippen LogP contribution >= 0.6 is 0 Å². The van der Waals surface area contributed by atoms with Crippen LogP contribution in [0.4, 0.5) is 8.78 Å². The molecule has 0 heterocycles. The monoisotopic (exact) mass is 282 g/mol. The van der Waals surface area contributed by atoms with Crippen molar-refractivity contribution in [3.05, 3.63) is 35.4 Å². The maximum Gasteiger partial charge on any atom is 0.129 e. The second-order valence-corrected chi connectivity index (χ2v) is 6.69. The van der Waals surface area contributed by atoms with Crippen LogP contribution in [0.2, 0.25) is 0 Å². The largest absolute Gasteiger partial charge is 0.390 e. The third-order valence-corrected chi connectivity index (χ3v) is 4.30. The van der Waals surface area contributed by atoms with Crippen molar-refractivity contribution in [2.24, 2.45) is 11.8 Å². The zero-order valence-corrected chi connectivity index (χ0v) is 12.3. The maximum absolute atomic E-state index is 13.7. The van der Waals surface area contributed by atoms with Gasteiger partial charge in [-0.05, 0) is 43.2 Å². The highest BCUT2D eigenvalue weighted by atomic mass is 19.1. The molecule has 2 rings (SSSR count). The van der Waals surface area contributed by atoms with Gasteiger partial charge in [-0.25, -0.2) is 8.78 Å². The van der Waals surface area contributed by atoms with Gasteiger partial charge in [-0.3, -0.25) is 0 Å². The molecule has 0 bridgehead atoms. The van der Waals surface area contributed by atoms with Crippen molar-refractivity contribution < 1.29 is 13.9 Å². The topological polar surface area (TPSA) is 20.2 Å². The van der Waals surface area contributed by atoms with Gasteiger partial charge >= 0.3 is 0 Å². The molecule has 1 aliphatic carbocycles. The van der Waals surface area contributed by atoms with Gasteiger partial charge in [0.2, 0.25) is 0 Å². The number of aliphatic hydroxyl groups is 1. The molecule has 1 nitrogen and oxygen atoms in total.